The zero-order valence-corrected chi connectivity index (χ0v) is 26.3. The summed E-state index contributed by atoms with van der Waals surface area (Å²) in [7, 11) is 0. The first-order valence-electron chi connectivity index (χ1n) is 12.1. The van der Waals surface area contributed by atoms with Crippen LogP contribution in [0.3, 0.4) is 0 Å². The molecule has 0 saturated heterocycles. The van der Waals surface area contributed by atoms with Crippen LogP contribution in [0.1, 0.15) is 101 Å². The van der Waals surface area contributed by atoms with Crippen LogP contribution in [0.25, 0.3) is 0 Å². The van der Waals surface area contributed by atoms with Crippen LogP contribution < -0.4 is 15.3 Å². The van der Waals surface area contributed by atoms with E-state index in [0.29, 0.717) is 0 Å². The Bertz CT molecular complexity index is 744. The molecule has 0 aliphatic rings. The Kier molecular flexibility index (Phi) is 31.1. The first-order chi connectivity index (χ1) is 16.6. The molecular formula is C30H45GdO6. The number of carbonyl (C=O) groups is 3. The number of hydrogen-bond donors (Lipinski definition) is 0. The maximum atomic E-state index is 10.1. The number of carbonyl (C=O) groups excluding carboxylic acids is 3. The molecule has 7 heteroatoms. The molecular weight excluding hydrogens is 614 g/mol. The molecule has 0 N–H and O–H groups in total. The molecule has 0 bridgehead atoms. The monoisotopic (exact) mass is 659 g/mol. The molecule has 0 amide bonds. The van der Waals surface area contributed by atoms with Crippen molar-refractivity contribution in [2.24, 2.45) is 0 Å². The molecule has 0 unspecified atom stereocenters. The van der Waals surface area contributed by atoms with Crippen molar-refractivity contribution in [2.75, 3.05) is 0 Å². The smallest absolute Gasteiger partial charge is 0.545 e. The van der Waals surface area contributed by atoms with Gasteiger partial charge in [-0.15, -0.1) is 0 Å². The number of rotatable bonds is 12. The van der Waals surface area contributed by atoms with Crippen LogP contribution in [0, 0.1) is 39.9 Å². The normalized spacial score (nSPS) is 10.8. The summed E-state index contributed by atoms with van der Waals surface area (Å²) in [6.07, 6.45) is 14.8. The van der Waals surface area contributed by atoms with Crippen LogP contribution in [0.2, 0.25) is 0 Å². The van der Waals surface area contributed by atoms with Gasteiger partial charge in [-0.1, -0.05) is 51.7 Å². The van der Waals surface area contributed by atoms with Crippen LogP contribution in [0.4, 0.5) is 0 Å². The largest absolute Gasteiger partial charge is 3.00 e. The van der Waals surface area contributed by atoms with Crippen LogP contribution in [0.5, 0.6) is 0 Å². The number of carboxylic acid groups (broad SMARTS) is 3. The van der Waals surface area contributed by atoms with E-state index in [1.165, 1.54) is 16.7 Å². The molecule has 0 rings (SSSR count). The number of allylic oxidation sites excluding steroid dienone is 9. The third kappa shape index (κ3) is 44.6. The molecule has 0 heterocycles. The van der Waals surface area contributed by atoms with Gasteiger partial charge in [-0.05, 0) is 119 Å². The predicted molar refractivity (Wildman–Crippen MR) is 142 cm³/mol. The van der Waals surface area contributed by atoms with Crippen molar-refractivity contribution >= 4 is 17.9 Å². The van der Waals surface area contributed by atoms with Gasteiger partial charge in [-0.3, -0.25) is 0 Å². The van der Waals surface area contributed by atoms with Crippen molar-refractivity contribution < 1.29 is 69.6 Å². The number of carboxylic acids is 3. The SMILES string of the molecule is CC(C)=CCC/C(C)=C/C(=O)[O-].CC(C)=CCC/C(C)=C/C(=O)[O-].CC(C)=CCC/C(C)=C/C(=O)[O-].[Gd+3]. The van der Waals surface area contributed by atoms with E-state index in [1.807, 2.05) is 41.5 Å². The molecule has 0 aliphatic heterocycles. The van der Waals surface area contributed by atoms with Gasteiger partial charge >= 0.3 is 39.9 Å². The summed E-state index contributed by atoms with van der Waals surface area (Å²) in [6, 6.07) is 0. The molecule has 0 aromatic rings. The fourth-order valence-electron chi connectivity index (χ4n) is 2.59. The molecule has 0 saturated carbocycles. The van der Waals surface area contributed by atoms with Crippen LogP contribution in [-0.4, -0.2) is 17.9 Å². The average Bonchev–Trinajstić information content (AvgIpc) is 2.66. The second-order valence-corrected chi connectivity index (χ2v) is 9.39. The Morgan fingerprint density at radius 2 is 0.649 bits per heavy atom. The minimum Gasteiger partial charge on any atom is -0.545 e. The van der Waals surface area contributed by atoms with E-state index in [1.54, 1.807) is 20.8 Å². The maximum absolute atomic E-state index is 10.1. The molecule has 6 nitrogen and oxygen atoms in total. The molecule has 1 radical (unpaired) electrons. The summed E-state index contributed by atoms with van der Waals surface area (Å²) in [4.78, 5) is 30.3. The zero-order valence-electron chi connectivity index (χ0n) is 24.0. The summed E-state index contributed by atoms with van der Waals surface area (Å²) in [5, 5.41) is 30.3. The van der Waals surface area contributed by atoms with Crippen molar-refractivity contribution in [1.29, 1.82) is 0 Å². The van der Waals surface area contributed by atoms with Gasteiger partial charge in [0.25, 0.3) is 0 Å². The molecule has 0 aromatic heterocycles. The maximum Gasteiger partial charge on any atom is 3.00 e. The van der Waals surface area contributed by atoms with E-state index in [-0.39, 0.29) is 39.9 Å². The standard InChI is InChI=1S/3C10H16O2.Gd/c3*1-8(2)5-4-6-9(3)7-10(11)12;/h3*5,7H,4,6H2,1-3H3,(H,11,12);/q;;;+3/p-3/b3*9-7+;. The summed E-state index contributed by atoms with van der Waals surface area (Å²) in [5.74, 6) is -3.32. The second kappa shape index (κ2) is 27.2. The Hall–Kier alpha value is -1.83. The predicted octanol–water partition coefficient (Wildman–Crippen LogP) is 4.29. The minimum absolute atomic E-state index is 0. The Morgan fingerprint density at radius 3 is 0.784 bits per heavy atom. The number of aliphatic carboxylic acids is 3. The van der Waals surface area contributed by atoms with Gasteiger partial charge in [0.15, 0.2) is 0 Å². The van der Waals surface area contributed by atoms with Crippen molar-refractivity contribution in [3.05, 3.63) is 69.9 Å². The van der Waals surface area contributed by atoms with Crippen molar-refractivity contribution in [1.82, 2.24) is 0 Å². The van der Waals surface area contributed by atoms with Gasteiger partial charge in [0.2, 0.25) is 0 Å². The van der Waals surface area contributed by atoms with Gasteiger partial charge in [0.05, 0.1) is 17.9 Å². The molecule has 0 atom stereocenters. The van der Waals surface area contributed by atoms with Crippen LogP contribution >= 0.6 is 0 Å². The van der Waals surface area contributed by atoms with Crippen molar-refractivity contribution in [2.45, 2.75) is 101 Å². The Balaban J connectivity index is -0.000000218. The minimum atomic E-state index is -1.11. The van der Waals surface area contributed by atoms with E-state index >= 15 is 0 Å². The third-order valence-electron chi connectivity index (χ3n) is 4.37. The fourth-order valence-corrected chi connectivity index (χ4v) is 2.59. The van der Waals surface area contributed by atoms with Crippen LogP contribution in [-0.2, 0) is 14.4 Å². The van der Waals surface area contributed by atoms with Gasteiger partial charge < -0.3 is 29.7 Å². The zero-order chi connectivity index (χ0) is 28.7. The Morgan fingerprint density at radius 1 is 0.459 bits per heavy atom. The summed E-state index contributed by atoms with van der Waals surface area (Å²) in [5.41, 5.74) is 6.34. The second-order valence-electron chi connectivity index (χ2n) is 9.39. The van der Waals surface area contributed by atoms with E-state index in [9.17, 15) is 29.7 Å². The van der Waals surface area contributed by atoms with Crippen molar-refractivity contribution in [3.8, 4) is 0 Å². The molecule has 0 aliphatic carbocycles. The Labute approximate surface area is 256 Å². The van der Waals surface area contributed by atoms with E-state index in [4.69, 9.17) is 0 Å². The number of hydrogen-bond acceptors (Lipinski definition) is 6. The fraction of sp³-hybridized carbons (Fsp3) is 0.500. The van der Waals surface area contributed by atoms with Gasteiger partial charge in [-0.25, -0.2) is 0 Å². The quantitative estimate of drug-likeness (QED) is 0.228. The van der Waals surface area contributed by atoms with E-state index in [0.717, 1.165) is 73.5 Å². The van der Waals surface area contributed by atoms with Gasteiger partial charge in [-0.2, -0.15) is 0 Å². The van der Waals surface area contributed by atoms with E-state index in [2.05, 4.69) is 18.2 Å². The molecule has 37 heavy (non-hydrogen) atoms. The molecule has 0 fully saturated rings. The first-order valence-corrected chi connectivity index (χ1v) is 12.1. The topological polar surface area (TPSA) is 120 Å². The molecule has 0 spiro atoms. The third-order valence-corrected chi connectivity index (χ3v) is 4.37. The first kappa shape index (κ1) is 42.3. The van der Waals surface area contributed by atoms with Gasteiger partial charge in [0, 0.05) is 0 Å². The summed E-state index contributed by atoms with van der Waals surface area (Å²) >= 11 is 0. The summed E-state index contributed by atoms with van der Waals surface area (Å²) in [6.45, 7) is 17.6. The summed E-state index contributed by atoms with van der Waals surface area (Å²) < 4.78 is 0. The van der Waals surface area contributed by atoms with Crippen LogP contribution in [0.15, 0.2) is 69.9 Å². The molecule has 209 valence electrons. The van der Waals surface area contributed by atoms with Crippen molar-refractivity contribution in [3.63, 3.8) is 0 Å². The molecule has 0 aromatic carbocycles. The van der Waals surface area contributed by atoms with Gasteiger partial charge in [0.1, 0.15) is 0 Å². The average molecular weight is 659 g/mol. The van der Waals surface area contributed by atoms with E-state index < -0.39 is 17.9 Å².